The highest BCUT2D eigenvalue weighted by Gasteiger charge is 2.52. The van der Waals surface area contributed by atoms with Gasteiger partial charge in [-0.2, -0.15) is 0 Å². The number of Topliss-reactive ketones (excluding diaryl/α,β-unsaturated/α-hetero) is 1. The Morgan fingerprint density at radius 2 is 1.76 bits per heavy atom. The highest BCUT2D eigenvalue weighted by Crippen LogP contribution is 2.35. The van der Waals surface area contributed by atoms with Crippen LogP contribution in [0.2, 0.25) is 0 Å². The maximum Gasteiger partial charge on any atom is 0.325 e. The minimum atomic E-state index is -0.798. The van der Waals surface area contributed by atoms with Gasteiger partial charge in [0.2, 0.25) is 0 Å². The van der Waals surface area contributed by atoms with Crippen LogP contribution in [0.4, 0.5) is 4.79 Å². The zero-order valence-electron chi connectivity index (χ0n) is 19.7. The lowest BCUT2D eigenvalue weighted by atomic mass is 9.98. The van der Waals surface area contributed by atoms with E-state index in [0.29, 0.717) is 36.4 Å². The summed E-state index contributed by atoms with van der Waals surface area (Å²) in [4.78, 5) is 39.5. The van der Waals surface area contributed by atoms with E-state index in [1.165, 1.54) is 0 Å². The van der Waals surface area contributed by atoms with Crippen LogP contribution in [0.15, 0.2) is 24.3 Å². The first-order valence-electron chi connectivity index (χ1n) is 11.3. The van der Waals surface area contributed by atoms with E-state index in [-0.39, 0.29) is 18.2 Å². The molecule has 1 aromatic carbocycles. The van der Waals surface area contributed by atoms with Gasteiger partial charge < -0.3 is 19.4 Å². The van der Waals surface area contributed by atoms with Gasteiger partial charge in [0, 0.05) is 23.5 Å². The number of amides is 3. The molecule has 2 aliphatic rings. The summed E-state index contributed by atoms with van der Waals surface area (Å²) in [6.45, 7) is 4.32. The summed E-state index contributed by atoms with van der Waals surface area (Å²) in [6.07, 6.45) is 3.86. The molecule has 0 atom stereocenters. The number of hydrogen-bond donors (Lipinski definition) is 1. The molecular formula is C25H31N3O5. The summed E-state index contributed by atoms with van der Waals surface area (Å²) in [7, 11) is 3.22. The van der Waals surface area contributed by atoms with Crippen LogP contribution in [0.3, 0.4) is 0 Å². The smallest absolute Gasteiger partial charge is 0.325 e. The van der Waals surface area contributed by atoms with E-state index < -0.39 is 11.6 Å². The molecule has 1 aromatic heterocycles. The number of imide groups is 1. The van der Waals surface area contributed by atoms with E-state index >= 15 is 0 Å². The largest absolute Gasteiger partial charge is 0.493 e. The lowest BCUT2D eigenvalue weighted by molar-refractivity contribution is -0.130. The fourth-order valence-corrected chi connectivity index (χ4v) is 5.07. The lowest BCUT2D eigenvalue weighted by Crippen LogP contribution is -2.44. The molecule has 1 aliphatic carbocycles. The third-order valence-electron chi connectivity index (χ3n) is 6.95. The van der Waals surface area contributed by atoms with Crippen molar-refractivity contribution in [2.45, 2.75) is 58.0 Å². The number of carbonyl (C=O) groups is 3. The summed E-state index contributed by atoms with van der Waals surface area (Å²) < 4.78 is 12.8. The van der Waals surface area contributed by atoms with Crippen molar-refractivity contribution < 1.29 is 23.9 Å². The zero-order chi connectivity index (χ0) is 23.8. The van der Waals surface area contributed by atoms with E-state index in [1.54, 1.807) is 14.2 Å². The second-order valence-electron chi connectivity index (χ2n) is 8.91. The number of urea groups is 1. The molecule has 8 nitrogen and oxygen atoms in total. The Hall–Kier alpha value is -3.29. The van der Waals surface area contributed by atoms with Crippen LogP contribution in [0.5, 0.6) is 11.5 Å². The molecule has 4 rings (SSSR count). The van der Waals surface area contributed by atoms with Crippen LogP contribution in [0.1, 0.15) is 53.0 Å². The number of aryl methyl sites for hydroxylation is 2. The van der Waals surface area contributed by atoms with Gasteiger partial charge in [-0.25, -0.2) is 4.79 Å². The van der Waals surface area contributed by atoms with Gasteiger partial charge >= 0.3 is 6.03 Å². The highest BCUT2D eigenvalue weighted by atomic mass is 16.5. The Morgan fingerprint density at radius 1 is 1.06 bits per heavy atom. The molecule has 0 unspecified atom stereocenters. The monoisotopic (exact) mass is 453 g/mol. The summed E-state index contributed by atoms with van der Waals surface area (Å²) in [6, 6.07) is 7.22. The van der Waals surface area contributed by atoms with Crippen molar-refractivity contribution in [3.05, 3.63) is 46.8 Å². The fraction of sp³-hybridized carbons (Fsp3) is 0.480. The maximum absolute atomic E-state index is 13.1. The number of nitrogens with one attached hydrogen (secondary N) is 1. The number of ketones is 1. The number of nitrogens with zero attached hydrogens (tertiary/aromatic N) is 2. The van der Waals surface area contributed by atoms with Crippen molar-refractivity contribution in [2.24, 2.45) is 0 Å². The average molecular weight is 454 g/mol. The third kappa shape index (κ3) is 4.10. The van der Waals surface area contributed by atoms with Gasteiger partial charge in [0.05, 0.1) is 20.8 Å². The molecule has 0 radical (unpaired) electrons. The Balaban J connectivity index is 1.47. The van der Waals surface area contributed by atoms with E-state index in [1.807, 2.05) is 38.1 Å². The first-order chi connectivity index (χ1) is 15.8. The topological polar surface area (TPSA) is 89.9 Å². The van der Waals surface area contributed by atoms with Crippen LogP contribution in [-0.2, 0) is 17.8 Å². The van der Waals surface area contributed by atoms with Crippen molar-refractivity contribution >= 4 is 17.7 Å². The van der Waals surface area contributed by atoms with Crippen molar-refractivity contribution in [2.75, 3.05) is 20.8 Å². The Labute approximate surface area is 193 Å². The van der Waals surface area contributed by atoms with E-state index in [0.717, 1.165) is 41.1 Å². The summed E-state index contributed by atoms with van der Waals surface area (Å²) >= 11 is 0. The quantitative estimate of drug-likeness (QED) is 0.489. The second kappa shape index (κ2) is 8.92. The number of benzene rings is 1. The molecule has 1 spiro atoms. The molecule has 2 aromatic rings. The van der Waals surface area contributed by atoms with Gasteiger partial charge in [0.1, 0.15) is 5.54 Å². The standard InChI is InChI=1S/C25H31N3O5/c1-16-13-19(20(29)15-28-23(30)25(26-24(28)31)10-5-6-11-25)17(2)27(16)12-9-18-7-8-21(32-3)22(14-18)33-4/h7-8,13-14H,5-6,9-12,15H2,1-4H3,(H,26,31). The van der Waals surface area contributed by atoms with E-state index in [4.69, 9.17) is 9.47 Å². The Morgan fingerprint density at radius 3 is 2.42 bits per heavy atom. The van der Waals surface area contributed by atoms with Crippen LogP contribution in [0, 0.1) is 13.8 Å². The summed E-state index contributed by atoms with van der Waals surface area (Å²) in [5, 5.41) is 2.83. The number of hydrogen-bond acceptors (Lipinski definition) is 5. The van der Waals surface area contributed by atoms with Crippen LogP contribution < -0.4 is 14.8 Å². The Bertz CT molecular complexity index is 1100. The maximum atomic E-state index is 13.1. The number of ether oxygens (including phenoxy) is 2. The summed E-state index contributed by atoms with van der Waals surface area (Å²) in [5.41, 5.74) is 2.64. The lowest BCUT2D eigenvalue weighted by Gasteiger charge is -2.19. The van der Waals surface area contributed by atoms with Crippen LogP contribution >= 0.6 is 0 Å². The number of methoxy groups -OCH3 is 2. The minimum absolute atomic E-state index is 0.223. The number of aromatic nitrogens is 1. The highest BCUT2D eigenvalue weighted by molar-refractivity contribution is 6.11. The molecule has 3 amide bonds. The van der Waals surface area contributed by atoms with Gasteiger partial charge in [-0.15, -0.1) is 0 Å². The molecule has 33 heavy (non-hydrogen) atoms. The molecule has 0 bridgehead atoms. The average Bonchev–Trinajstić information content (AvgIpc) is 3.45. The van der Waals surface area contributed by atoms with Crippen LogP contribution in [-0.4, -0.2) is 53.5 Å². The molecule has 1 saturated heterocycles. The van der Waals surface area contributed by atoms with E-state index in [2.05, 4.69) is 9.88 Å². The van der Waals surface area contributed by atoms with Gasteiger partial charge in [0.15, 0.2) is 17.3 Å². The normalized spacial score (nSPS) is 17.0. The zero-order valence-corrected chi connectivity index (χ0v) is 19.7. The molecule has 2 heterocycles. The van der Waals surface area contributed by atoms with Crippen LogP contribution in [0.25, 0.3) is 0 Å². The minimum Gasteiger partial charge on any atom is -0.493 e. The predicted octanol–water partition coefficient (Wildman–Crippen LogP) is 3.41. The van der Waals surface area contributed by atoms with Crippen molar-refractivity contribution in [1.29, 1.82) is 0 Å². The molecule has 1 aliphatic heterocycles. The van der Waals surface area contributed by atoms with Gasteiger partial charge in [-0.05, 0) is 56.9 Å². The van der Waals surface area contributed by atoms with Crippen molar-refractivity contribution in [1.82, 2.24) is 14.8 Å². The molecule has 2 fully saturated rings. The fourth-order valence-electron chi connectivity index (χ4n) is 5.07. The predicted molar refractivity (Wildman–Crippen MR) is 123 cm³/mol. The first kappa shape index (κ1) is 22.9. The van der Waals surface area contributed by atoms with Gasteiger partial charge in [-0.3, -0.25) is 14.5 Å². The molecule has 1 N–H and O–H groups in total. The first-order valence-corrected chi connectivity index (χ1v) is 11.3. The Kier molecular flexibility index (Phi) is 6.19. The summed E-state index contributed by atoms with van der Waals surface area (Å²) in [5.74, 6) is 0.877. The third-order valence-corrected chi connectivity index (χ3v) is 6.95. The second-order valence-corrected chi connectivity index (χ2v) is 8.91. The molecule has 1 saturated carbocycles. The SMILES string of the molecule is COc1ccc(CCn2c(C)cc(C(=O)CN3C(=O)NC4(CCCC4)C3=O)c2C)cc1OC. The van der Waals surface area contributed by atoms with Gasteiger partial charge in [-0.1, -0.05) is 18.9 Å². The number of carbonyl (C=O) groups excluding carboxylic acids is 3. The van der Waals surface area contributed by atoms with Crippen molar-refractivity contribution in [3.8, 4) is 11.5 Å². The van der Waals surface area contributed by atoms with E-state index in [9.17, 15) is 14.4 Å². The number of rotatable bonds is 8. The molecule has 8 heteroatoms. The van der Waals surface area contributed by atoms with Crippen molar-refractivity contribution in [3.63, 3.8) is 0 Å². The van der Waals surface area contributed by atoms with Gasteiger partial charge in [0.25, 0.3) is 5.91 Å². The molecule has 176 valence electrons. The molecular weight excluding hydrogens is 422 g/mol.